The van der Waals surface area contributed by atoms with Gasteiger partial charge in [0.25, 0.3) is 11.8 Å². The molecule has 0 aromatic heterocycles. The van der Waals surface area contributed by atoms with E-state index in [2.05, 4.69) is 18.8 Å². The molecule has 0 aliphatic carbocycles. The third kappa shape index (κ3) is 8.49. The van der Waals surface area contributed by atoms with Crippen molar-refractivity contribution in [2.45, 2.75) is 106 Å². The number of hydrogen-bond acceptors (Lipinski definition) is 8. The molecule has 0 radical (unpaired) electrons. The van der Waals surface area contributed by atoms with Crippen LogP contribution in [0.4, 0.5) is 5.69 Å². The lowest BCUT2D eigenvalue weighted by atomic mass is 9.82. The Morgan fingerprint density at radius 2 is 1.69 bits per heavy atom. The number of fused-ring (bicyclic) bond motifs is 1. The lowest BCUT2D eigenvalue weighted by molar-refractivity contribution is -0.159. The fraction of sp³-hybridized carbons (Fsp3) is 0.537. The summed E-state index contributed by atoms with van der Waals surface area (Å²) in [5, 5.41) is 14.8. The predicted octanol–water partition coefficient (Wildman–Crippen LogP) is 7.78. The number of β-lactam (4-membered cyclic amide) rings is 1. The molecule has 2 N–H and O–H groups in total. The molecule has 5 rings (SSSR count). The van der Waals surface area contributed by atoms with Crippen molar-refractivity contribution in [3.05, 3.63) is 64.7 Å². The third-order valence-corrected chi connectivity index (χ3v) is 10.9. The molecule has 0 unspecified atom stereocenters. The maximum atomic E-state index is 13.0. The molecule has 51 heavy (non-hydrogen) atoms. The fourth-order valence-corrected chi connectivity index (χ4v) is 7.82. The minimum atomic E-state index is -0.667. The number of benzene rings is 2. The van der Waals surface area contributed by atoms with Crippen molar-refractivity contribution >= 4 is 57.5 Å². The van der Waals surface area contributed by atoms with Crippen LogP contribution in [0, 0.1) is 16.7 Å². The van der Waals surface area contributed by atoms with E-state index in [-0.39, 0.29) is 54.2 Å². The van der Waals surface area contributed by atoms with E-state index in [1.54, 1.807) is 35.7 Å². The highest BCUT2D eigenvalue weighted by Crippen LogP contribution is 2.49. The van der Waals surface area contributed by atoms with Crippen LogP contribution in [0.3, 0.4) is 0 Å². The molecule has 0 bridgehead atoms. The second kappa shape index (κ2) is 16.3. The molecule has 1 fully saturated rings. The van der Waals surface area contributed by atoms with Crippen LogP contribution in [0.25, 0.3) is 10.8 Å². The number of allylic oxidation sites excluding steroid dienone is 2. The molecule has 2 aromatic carbocycles. The first-order chi connectivity index (χ1) is 23.9. The van der Waals surface area contributed by atoms with Crippen molar-refractivity contribution in [2.24, 2.45) is 16.7 Å². The van der Waals surface area contributed by atoms with Crippen LogP contribution in [0.2, 0.25) is 0 Å². The Hall–Kier alpha value is -3.76. The number of aliphatic hydroxyl groups is 1. The summed E-state index contributed by atoms with van der Waals surface area (Å²) in [6, 6.07) is 9.19. The van der Waals surface area contributed by atoms with Crippen LogP contribution in [0.1, 0.15) is 115 Å². The summed E-state index contributed by atoms with van der Waals surface area (Å²) in [5.74, 6) is -0.165. The molecule has 3 amide bonds. The lowest BCUT2D eigenvalue weighted by Gasteiger charge is -2.45. The van der Waals surface area contributed by atoms with Crippen LogP contribution in [-0.4, -0.2) is 75.2 Å². The minimum absolute atomic E-state index is 0.0172. The standard InChI is InChI=1S/C23H28N2O3.C18H27NO3S/c1-5-6-13-24-18-11-10-17-20-15(18)8-7-9-16(20)21(27)25(22(17)28)14-12-19(26)23(2,3)4;1-6-7-8-9-23-13-10-12-14(11(2)20)17(22)19(12)15(13)16(21)18(3,4)5/h7-11,24H,5-6,12-14H2,1-4H3;6,11-12,14,20H,1,7-10H2,2-5H3/t;11-,12-,14-/m.1/s1. The first kappa shape index (κ1) is 40.0. The van der Waals surface area contributed by atoms with E-state index < -0.39 is 16.9 Å². The molecule has 3 aliphatic heterocycles. The Kier molecular flexibility index (Phi) is 12.8. The van der Waals surface area contributed by atoms with E-state index in [0.717, 1.165) is 54.0 Å². The Morgan fingerprint density at radius 3 is 2.27 bits per heavy atom. The van der Waals surface area contributed by atoms with Gasteiger partial charge in [-0.15, -0.1) is 18.3 Å². The van der Waals surface area contributed by atoms with E-state index in [4.69, 9.17) is 0 Å². The normalized spacial score (nSPS) is 19.0. The molecule has 10 heteroatoms. The van der Waals surface area contributed by atoms with Gasteiger partial charge in [0.2, 0.25) is 5.91 Å². The van der Waals surface area contributed by atoms with Gasteiger partial charge in [-0.3, -0.25) is 28.9 Å². The van der Waals surface area contributed by atoms with E-state index in [1.165, 1.54) is 4.90 Å². The monoisotopic (exact) mass is 717 g/mol. The summed E-state index contributed by atoms with van der Waals surface area (Å²) in [4.78, 5) is 67.4. The topological polar surface area (TPSA) is 124 Å². The molecular weight excluding hydrogens is 663 g/mol. The molecule has 0 saturated carbocycles. The van der Waals surface area contributed by atoms with Crippen LogP contribution in [0.5, 0.6) is 0 Å². The summed E-state index contributed by atoms with van der Waals surface area (Å²) in [5.41, 5.74) is 1.55. The predicted molar refractivity (Wildman–Crippen MR) is 206 cm³/mol. The third-order valence-electron chi connectivity index (χ3n) is 9.65. The zero-order valence-electron chi connectivity index (χ0n) is 31.6. The summed E-state index contributed by atoms with van der Waals surface area (Å²) < 4.78 is 0. The lowest BCUT2D eigenvalue weighted by Crippen LogP contribution is -2.62. The first-order valence-electron chi connectivity index (χ1n) is 18.2. The maximum absolute atomic E-state index is 13.0. The van der Waals surface area contributed by atoms with Crippen LogP contribution < -0.4 is 5.32 Å². The molecule has 1 saturated heterocycles. The number of nitrogens with one attached hydrogen (secondary N) is 1. The Labute approximate surface area is 307 Å². The van der Waals surface area contributed by atoms with Gasteiger partial charge >= 0.3 is 0 Å². The average molecular weight is 718 g/mol. The van der Waals surface area contributed by atoms with Gasteiger partial charge in [0.15, 0.2) is 5.78 Å². The summed E-state index contributed by atoms with van der Waals surface area (Å²) in [6.07, 6.45) is 6.19. The number of carbonyl (C=O) groups is 5. The number of thioether (sulfide) groups is 1. The van der Waals surface area contributed by atoms with Crippen molar-refractivity contribution in [2.75, 3.05) is 24.2 Å². The van der Waals surface area contributed by atoms with Gasteiger partial charge in [-0.05, 0) is 50.1 Å². The molecule has 276 valence electrons. The highest BCUT2D eigenvalue weighted by atomic mass is 32.2. The number of anilines is 1. The number of amides is 3. The van der Waals surface area contributed by atoms with Gasteiger partial charge in [0, 0.05) is 69.3 Å². The second-order valence-corrected chi connectivity index (χ2v) is 16.9. The zero-order chi connectivity index (χ0) is 37.8. The van der Waals surface area contributed by atoms with Crippen LogP contribution >= 0.6 is 11.8 Å². The van der Waals surface area contributed by atoms with Crippen LogP contribution in [0.15, 0.2) is 53.6 Å². The summed E-state index contributed by atoms with van der Waals surface area (Å²) in [7, 11) is 0. The molecule has 2 aromatic rings. The highest BCUT2D eigenvalue weighted by molar-refractivity contribution is 8.03. The molecule has 3 heterocycles. The average Bonchev–Trinajstić information content (AvgIpc) is 3.38. The largest absolute Gasteiger partial charge is 0.393 e. The minimum Gasteiger partial charge on any atom is -0.393 e. The number of hydrogen-bond donors (Lipinski definition) is 2. The van der Waals surface area contributed by atoms with Gasteiger partial charge in [0.05, 0.1) is 23.8 Å². The number of carbonyl (C=O) groups excluding carboxylic acids is 5. The molecule has 3 aliphatic rings. The van der Waals surface area contributed by atoms with E-state index >= 15 is 0 Å². The summed E-state index contributed by atoms with van der Waals surface area (Å²) in [6.45, 7) is 19.6. The maximum Gasteiger partial charge on any atom is 0.261 e. The Morgan fingerprint density at radius 1 is 1.02 bits per heavy atom. The molecule has 9 nitrogen and oxygen atoms in total. The number of aliphatic hydroxyl groups excluding tert-OH is 1. The number of rotatable bonds is 14. The van der Waals surface area contributed by atoms with Crippen LogP contribution in [-0.2, 0) is 14.4 Å². The first-order valence-corrected chi connectivity index (χ1v) is 19.2. The highest BCUT2D eigenvalue weighted by Gasteiger charge is 2.57. The number of unbranched alkanes of at least 4 members (excludes halogenated alkanes) is 2. The quantitative estimate of drug-likeness (QED) is 0.0879. The van der Waals surface area contributed by atoms with Crippen molar-refractivity contribution in [1.82, 2.24) is 9.80 Å². The summed E-state index contributed by atoms with van der Waals surface area (Å²) >= 11 is 1.68. The Bertz CT molecular complexity index is 1710. The molecule has 3 atom stereocenters. The van der Waals surface area contributed by atoms with E-state index in [9.17, 15) is 29.1 Å². The fourth-order valence-electron chi connectivity index (χ4n) is 6.64. The van der Waals surface area contributed by atoms with Gasteiger partial charge in [-0.2, -0.15) is 0 Å². The van der Waals surface area contributed by atoms with E-state index in [1.807, 2.05) is 65.8 Å². The van der Waals surface area contributed by atoms with E-state index in [0.29, 0.717) is 28.6 Å². The smallest absolute Gasteiger partial charge is 0.261 e. The number of imide groups is 1. The molecule has 0 spiro atoms. The molecular formula is C41H55N3O6S. The SMILES string of the molecule is C=CCCCSC1=C(C(=O)C(C)(C)C)N2C(=O)[C@H]([C@@H](C)O)[C@H]2C1.CCCCNc1ccc2c3c(cccc13)C(=O)N(CCC(=O)C(C)(C)C)C2=O. The van der Waals surface area contributed by atoms with Gasteiger partial charge in [-0.25, -0.2) is 0 Å². The van der Waals surface area contributed by atoms with Crippen molar-refractivity contribution in [3.8, 4) is 0 Å². The van der Waals surface area contributed by atoms with Gasteiger partial charge in [-0.1, -0.05) is 73.1 Å². The number of ketones is 2. The number of Topliss-reactive ketones (excluding diaryl/α,β-unsaturated/α-hetero) is 2. The Balaban J connectivity index is 0.000000233. The van der Waals surface area contributed by atoms with Gasteiger partial charge in [0.1, 0.15) is 5.78 Å². The second-order valence-electron chi connectivity index (χ2n) is 15.7. The zero-order valence-corrected chi connectivity index (χ0v) is 32.4. The van der Waals surface area contributed by atoms with Gasteiger partial charge < -0.3 is 15.3 Å². The van der Waals surface area contributed by atoms with Crippen molar-refractivity contribution in [1.29, 1.82) is 0 Å². The van der Waals surface area contributed by atoms with Crippen molar-refractivity contribution in [3.63, 3.8) is 0 Å². The number of nitrogens with zero attached hydrogens (tertiary/aromatic N) is 2. The van der Waals surface area contributed by atoms with Crippen molar-refractivity contribution < 1.29 is 29.1 Å².